The quantitative estimate of drug-likeness (QED) is 0.376. The van der Waals surface area contributed by atoms with Crippen molar-refractivity contribution in [2.24, 2.45) is 0 Å². The topological polar surface area (TPSA) is 98.7 Å². The number of hydrogen-bond donors (Lipinski definition) is 4. The van der Waals surface area contributed by atoms with Crippen LogP contribution in [0.4, 0.5) is 4.39 Å². The molecule has 2 unspecified atom stereocenters. The largest absolute Gasteiger partial charge is 0.391 e. The van der Waals surface area contributed by atoms with Crippen molar-refractivity contribution in [3.8, 4) is 11.8 Å². The summed E-state index contributed by atoms with van der Waals surface area (Å²) in [5.74, 6) is 3.78. The lowest BCUT2D eigenvalue weighted by Gasteiger charge is -2.19. The summed E-state index contributed by atoms with van der Waals surface area (Å²) < 4.78 is 13.1. The smallest absolute Gasteiger partial charge is 0.268 e. The van der Waals surface area contributed by atoms with Gasteiger partial charge in [0.1, 0.15) is 11.9 Å². The van der Waals surface area contributed by atoms with Gasteiger partial charge < -0.3 is 10.4 Å². The number of nitrogens with one attached hydrogen (secondary N) is 2. The first-order chi connectivity index (χ1) is 12.4. The van der Waals surface area contributed by atoms with E-state index in [4.69, 9.17) is 5.21 Å². The van der Waals surface area contributed by atoms with E-state index >= 15 is 0 Å². The van der Waals surface area contributed by atoms with Crippen LogP contribution in [-0.4, -0.2) is 34.3 Å². The minimum atomic E-state index is -1.29. The van der Waals surface area contributed by atoms with Crippen molar-refractivity contribution >= 4 is 11.8 Å². The van der Waals surface area contributed by atoms with Crippen LogP contribution in [0.2, 0.25) is 0 Å². The number of aliphatic hydroxyl groups is 1. The Bertz CT molecular complexity index is 854. The van der Waals surface area contributed by atoms with Crippen LogP contribution in [-0.2, 0) is 4.79 Å². The highest BCUT2D eigenvalue weighted by molar-refractivity contribution is 5.97. The molecule has 0 spiro atoms. The Morgan fingerprint density at radius 1 is 1.08 bits per heavy atom. The molecule has 0 saturated heterocycles. The summed E-state index contributed by atoms with van der Waals surface area (Å²) >= 11 is 0. The third-order valence-electron chi connectivity index (χ3n) is 3.48. The average molecular weight is 356 g/mol. The first-order valence-electron chi connectivity index (χ1n) is 7.71. The van der Waals surface area contributed by atoms with Gasteiger partial charge in [-0.25, -0.2) is 9.87 Å². The molecule has 4 N–H and O–H groups in total. The maximum atomic E-state index is 13.1. The van der Waals surface area contributed by atoms with Crippen molar-refractivity contribution in [2.45, 2.75) is 19.1 Å². The predicted molar refractivity (Wildman–Crippen MR) is 91.7 cm³/mol. The molecule has 6 nitrogen and oxygen atoms in total. The molecule has 0 aliphatic carbocycles. The van der Waals surface area contributed by atoms with Gasteiger partial charge in [0.15, 0.2) is 0 Å². The molecule has 2 rings (SSSR count). The predicted octanol–water partition coefficient (Wildman–Crippen LogP) is 1.21. The zero-order chi connectivity index (χ0) is 19.1. The molecular formula is C19H17FN2O4. The molecule has 2 amide bonds. The first kappa shape index (κ1) is 19.1. The lowest BCUT2D eigenvalue weighted by atomic mass is 10.1. The summed E-state index contributed by atoms with van der Waals surface area (Å²) in [6.07, 6.45) is -1.19. The van der Waals surface area contributed by atoms with Crippen molar-refractivity contribution in [2.75, 3.05) is 0 Å². The minimum absolute atomic E-state index is 0.248. The lowest BCUT2D eigenvalue weighted by Crippen LogP contribution is -2.51. The molecule has 7 heteroatoms. The van der Waals surface area contributed by atoms with E-state index in [9.17, 15) is 19.1 Å². The lowest BCUT2D eigenvalue weighted by molar-refractivity contribution is -0.133. The van der Waals surface area contributed by atoms with Gasteiger partial charge in [0.25, 0.3) is 11.8 Å². The highest BCUT2D eigenvalue weighted by Gasteiger charge is 2.25. The minimum Gasteiger partial charge on any atom is -0.391 e. The molecule has 0 aromatic heterocycles. The van der Waals surface area contributed by atoms with Gasteiger partial charge in [-0.3, -0.25) is 14.8 Å². The van der Waals surface area contributed by atoms with E-state index in [1.54, 1.807) is 24.3 Å². The molecule has 0 fully saturated rings. The summed E-state index contributed by atoms with van der Waals surface area (Å²) in [7, 11) is 0. The number of carbonyl (C=O) groups excluding carboxylic acids is 2. The second-order valence-electron chi connectivity index (χ2n) is 5.51. The average Bonchev–Trinajstić information content (AvgIpc) is 2.64. The number of aliphatic hydroxyl groups excluding tert-OH is 1. The van der Waals surface area contributed by atoms with Crippen LogP contribution in [0.25, 0.3) is 0 Å². The summed E-state index contributed by atoms with van der Waals surface area (Å²) in [5, 5.41) is 20.5. The van der Waals surface area contributed by atoms with Gasteiger partial charge in [-0.1, -0.05) is 17.9 Å². The Morgan fingerprint density at radius 2 is 1.73 bits per heavy atom. The van der Waals surface area contributed by atoms with Crippen LogP contribution >= 0.6 is 0 Å². The van der Waals surface area contributed by atoms with E-state index < -0.39 is 24.0 Å². The highest BCUT2D eigenvalue weighted by Crippen LogP contribution is 2.06. The monoisotopic (exact) mass is 356 g/mol. The zero-order valence-electron chi connectivity index (χ0n) is 13.9. The fourth-order valence-corrected chi connectivity index (χ4v) is 2.11. The molecule has 26 heavy (non-hydrogen) atoms. The van der Waals surface area contributed by atoms with Crippen molar-refractivity contribution < 1.29 is 24.3 Å². The van der Waals surface area contributed by atoms with E-state index in [1.807, 2.05) is 0 Å². The Balaban J connectivity index is 2.09. The summed E-state index contributed by atoms with van der Waals surface area (Å²) in [6, 6.07) is 10.8. The maximum Gasteiger partial charge on any atom is 0.268 e. The zero-order valence-corrected chi connectivity index (χ0v) is 13.9. The van der Waals surface area contributed by atoms with Gasteiger partial charge in [0.05, 0.1) is 6.10 Å². The van der Waals surface area contributed by atoms with E-state index in [0.29, 0.717) is 11.1 Å². The van der Waals surface area contributed by atoms with Gasteiger partial charge >= 0.3 is 0 Å². The number of benzene rings is 2. The molecule has 2 atom stereocenters. The first-order valence-corrected chi connectivity index (χ1v) is 7.71. The van der Waals surface area contributed by atoms with Crippen LogP contribution in [0.1, 0.15) is 28.4 Å². The molecule has 0 bridgehead atoms. The molecule has 0 heterocycles. The number of rotatable bonds is 4. The summed E-state index contributed by atoms with van der Waals surface area (Å²) in [6.45, 7) is 1.31. The Kier molecular flexibility index (Phi) is 6.44. The fourth-order valence-electron chi connectivity index (χ4n) is 2.11. The second kappa shape index (κ2) is 8.76. The van der Waals surface area contributed by atoms with Crippen molar-refractivity contribution in [3.63, 3.8) is 0 Å². The number of hydroxylamine groups is 1. The van der Waals surface area contributed by atoms with Gasteiger partial charge in [-0.05, 0) is 49.4 Å². The molecule has 0 radical (unpaired) electrons. The van der Waals surface area contributed by atoms with Gasteiger partial charge in [0.2, 0.25) is 0 Å². The van der Waals surface area contributed by atoms with Crippen LogP contribution < -0.4 is 10.8 Å². The van der Waals surface area contributed by atoms with Crippen LogP contribution in [0.15, 0.2) is 48.5 Å². The van der Waals surface area contributed by atoms with Gasteiger partial charge in [0, 0.05) is 16.7 Å². The molecule has 0 saturated carbocycles. The Morgan fingerprint density at radius 3 is 2.31 bits per heavy atom. The number of hydrogen-bond acceptors (Lipinski definition) is 4. The molecular weight excluding hydrogens is 339 g/mol. The number of carbonyl (C=O) groups is 2. The Labute approximate surface area is 149 Å². The normalized spacial score (nSPS) is 12.3. The summed E-state index contributed by atoms with van der Waals surface area (Å²) in [4.78, 5) is 23.6. The van der Waals surface area contributed by atoms with Gasteiger partial charge in [-0.15, -0.1) is 0 Å². The van der Waals surface area contributed by atoms with Crippen LogP contribution in [0, 0.1) is 17.7 Å². The van der Waals surface area contributed by atoms with Crippen molar-refractivity contribution in [1.29, 1.82) is 0 Å². The molecule has 2 aromatic carbocycles. The standard InChI is InChI=1S/C19H17FN2O4/c1-12(23)17(19(25)22-26)21-18(24)15-9-7-13(8-10-15)5-6-14-3-2-4-16(20)11-14/h2-4,7-12,17,23,26H,1H3,(H,21,24)(H,22,25). The van der Waals surface area contributed by atoms with Crippen LogP contribution in [0.5, 0.6) is 0 Å². The molecule has 0 aliphatic heterocycles. The SMILES string of the molecule is CC(O)C(NC(=O)c1ccc(C#Cc2cccc(F)c2)cc1)C(=O)NO. The van der Waals surface area contributed by atoms with Crippen molar-refractivity contribution in [1.82, 2.24) is 10.8 Å². The fraction of sp³-hybridized carbons (Fsp3) is 0.158. The van der Waals surface area contributed by atoms with E-state index in [-0.39, 0.29) is 11.4 Å². The molecule has 2 aromatic rings. The number of amides is 2. The maximum absolute atomic E-state index is 13.1. The Hall–Kier alpha value is -3.21. The van der Waals surface area contributed by atoms with Crippen LogP contribution in [0.3, 0.4) is 0 Å². The highest BCUT2D eigenvalue weighted by atomic mass is 19.1. The number of halogens is 1. The van der Waals surface area contributed by atoms with Gasteiger partial charge in [-0.2, -0.15) is 0 Å². The third kappa shape index (κ3) is 5.14. The molecule has 0 aliphatic rings. The summed E-state index contributed by atoms with van der Waals surface area (Å²) in [5.41, 5.74) is 2.78. The third-order valence-corrected chi connectivity index (χ3v) is 3.48. The van der Waals surface area contributed by atoms with Crippen molar-refractivity contribution in [3.05, 3.63) is 71.0 Å². The van der Waals surface area contributed by atoms with E-state index in [0.717, 1.165) is 0 Å². The second-order valence-corrected chi connectivity index (χ2v) is 5.51. The van der Waals surface area contributed by atoms with E-state index in [1.165, 1.54) is 36.7 Å². The van der Waals surface area contributed by atoms with E-state index in [2.05, 4.69) is 17.2 Å². The molecule has 134 valence electrons.